The number of β-amino-alcohol motifs (C(OH)–C–C–N with tert-alkyl or cyclic N) is 1. The Hall–Kier alpha value is -0.120. The molecule has 1 spiro atoms. The van der Waals surface area contributed by atoms with Crippen LogP contribution in [-0.4, -0.2) is 48.3 Å². The third kappa shape index (κ3) is 2.27. The maximum atomic E-state index is 8.92. The van der Waals surface area contributed by atoms with Gasteiger partial charge < -0.3 is 15.3 Å². The van der Waals surface area contributed by atoms with E-state index in [0.29, 0.717) is 12.0 Å². The predicted molar refractivity (Wildman–Crippen MR) is 64.4 cm³/mol. The summed E-state index contributed by atoms with van der Waals surface area (Å²) in [6.45, 7) is 3.60. The zero-order valence-corrected chi connectivity index (χ0v) is 10.1. The van der Waals surface area contributed by atoms with Crippen molar-refractivity contribution in [1.82, 2.24) is 10.2 Å². The molecule has 0 amide bonds. The largest absolute Gasteiger partial charge is 0.395 e. The maximum absolute atomic E-state index is 8.92. The van der Waals surface area contributed by atoms with Crippen molar-refractivity contribution in [2.75, 3.05) is 26.2 Å². The van der Waals surface area contributed by atoms with Gasteiger partial charge in [0.2, 0.25) is 0 Å². The summed E-state index contributed by atoms with van der Waals surface area (Å²) in [4.78, 5) is 2.41. The molecular formula is C13H24N2O. The number of likely N-dealkylation sites (tertiary alicyclic amines) is 1. The van der Waals surface area contributed by atoms with Crippen LogP contribution in [0.5, 0.6) is 0 Å². The van der Waals surface area contributed by atoms with Crippen LogP contribution in [0.15, 0.2) is 0 Å². The smallest absolute Gasteiger partial charge is 0.0558 e. The Morgan fingerprint density at radius 3 is 2.38 bits per heavy atom. The Kier molecular flexibility index (Phi) is 2.94. The van der Waals surface area contributed by atoms with Gasteiger partial charge in [0.1, 0.15) is 0 Å². The molecule has 16 heavy (non-hydrogen) atoms. The molecule has 2 aliphatic carbocycles. The number of rotatable bonds is 4. The van der Waals surface area contributed by atoms with Gasteiger partial charge in [-0.1, -0.05) is 0 Å². The summed E-state index contributed by atoms with van der Waals surface area (Å²) in [5, 5.41) is 12.7. The van der Waals surface area contributed by atoms with Crippen molar-refractivity contribution >= 4 is 0 Å². The van der Waals surface area contributed by atoms with E-state index in [1.807, 2.05) is 0 Å². The van der Waals surface area contributed by atoms with Gasteiger partial charge >= 0.3 is 0 Å². The molecule has 1 heterocycles. The lowest BCUT2D eigenvalue weighted by atomic mass is 9.60. The van der Waals surface area contributed by atoms with Crippen molar-refractivity contribution in [1.29, 1.82) is 0 Å². The third-order valence-electron chi connectivity index (χ3n) is 4.74. The van der Waals surface area contributed by atoms with E-state index in [2.05, 4.69) is 10.2 Å². The average Bonchev–Trinajstić information content (AvgIpc) is 3.03. The molecule has 0 aromatic rings. The first-order valence-corrected chi connectivity index (χ1v) is 6.89. The number of piperidine rings is 1. The molecule has 3 fully saturated rings. The fourth-order valence-corrected chi connectivity index (χ4v) is 3.49. The first-order valence-electron chi connectivity index (χ1n) is 6.89. The molecule has 0 unspecified atom stereocenters. The molecule has 3 rings (SSSR count). The molecule has 3 nitrogen and oxygen atoms in total. The third-order valence-corrected chi connectivity index (χ3v) is 4.74. The van der Waals surface area contributed by atoms with Gasteiger partial charge in [-0.05, 0) is 57.0 Å². The van der Waals surface area contributed by atoms with Gasteiger partial charge in [0, 0.05) is 18.6 Å². The predicted octanol–water partition coefficient (Wildman–Crippen LogP) is 0.975. The number of aliphatic hydroxyl groups excluding tert-OH is 1. The second-order valence-corrected chi connectivity index (χ2v) is 6.11. The summed E-state index contributed by atoms with van der Waals surface area (Å²) in [7, 11) is 0. The Bertz CT molecular complexity index is 236. The van der Waals surface area contributed by atoms with Crippen molar-refractivity contribution < 1.29 is 5.11 Å². The summed E-state index contributed by atoms with van der Waals surface area (Å²) in [5.74, 6) is 0. The lowest BCUT2D eigenvalue weighted by Gasteiger charge is -2.52. The number of hydrogen-bond donors (Lipinski definition) is 2. The lowest BCUT2D eigenvalue weighted by Crippen LogP contribution is -2.54. The standard InChI is InChI=1S/C13H24N2O/c16-8-7-15-5-3-13(4-6-15)9-12(10-13)14-11-1-2-11/h11-12,14,16H,1-10H2. The summed E-state index contributed by atoms with van der Waals surface area (Å²) < 4.78 is 0. The number of aliphatic hydroxyl groups is 1. The van der Waals surface area contributed by atoms with E-state index in [9.17, 15) is 0 Å². The molecular weight excluding hydrogens is 200 g/mol. The van der Waals surface area contributed by atoms with Crippen LogP contribution in [-0.2, 0) is 0 Å². The van der Waals surface area contributed by atoms with Crippen molar-refractivity contribution in [2.45, 2.75) is 50.6 Å². The van der Waals surface area contributed by atoms with Crippen LogP contribution in [0.25, 0.3) is 0 Å². The van der Waals surface area contributed by atoms with Crippen molar-refractivity contribution in [3.05, 3.63) is 0 Å². The Balaban J connectivity index is 1.41. The minimum atomic E-state index is 0.318. The van der Waals surface area contributed by atoms with Gasteiger partial charge in [-0.3, -0.25) is 0 Å². The van der Waals surface area contributed by atoms with E-state index < -0.39 is 0 Å². The van der Waals surface area contributed by atoms with Crippen LogP contribution in [0.1, 0.15) is 38.5 Å². The molecule has 3 heteroatoms. The quantitative estimate of drug-likeness (QED) is 0.747. The monoisotopic (exact) mass is 224 g/mol. The molecule has 3 aliphatic rings. The molecule has 0 atom stereocenters. The fourth-order valence-electron chi connectivity index (χ4n) is 3.49. The summed E-state index contributed by atoms with van der Waals surface area (Å²) in [5.41, 5.74) is 0.679. The Morgan fingerprint density at radius 2 is 1.81 bits per heavy atom. The number of nitrogens with zero attached hydrogens (tertiary/aromatic N) is 1. The first-order chi connectivity index (χ1) is 7.80. The topological polar surface area (TPSA) is 35.5 Å². The summed E-state index contributed by atoms with van der Waals surface area (Å²) in [6, 6.07) is 1.70. The molecule has 0 aromatic heterocycles. The van der Waals surface area contributed by atoms with Crippen LogP contribution in [0, 0.1) is 5.41 Å². The molecule has 2 N–H and O–H groups in total. The van der Waals surface area contributed by atoms with E-state index in [0.717, 1.165) is 18.6 Å². The van der Waals surface area contributed by atoms with E-state index in [4.69, 9.17) is 5.11 Å². The zero-order chi connectivity index (χ0) is 11.0. The highest BCUT2D eigenvalue weighted by molar-refractivity contribution is 5.02. The highest BCUT2D eigenvalue weighted by atomic mass is 16.3. The van der Waals surface area contributed by atoms with E-state index in [-0.39, 0.29) is 0 Å². The van der Waals surface area contributed by atoms with Crippen molar-refractivity contribution in [2.24, 2.45) is 5.41 Å². The molecule has 2 saturated carbocycles. The maximum Gasteiger partial charge on any atom is 0.0558 e. The Morgan fingerprint density at radius 1 is 1.12 bits per heavy atom. The van der Waals surface area contributed by atoms with Crippen molar-refractivity contribution in [3.8, 4) is 0 Å². The molecule has 0 aromatic carbocycles. The Labute approximate surface area is 98.2 Å². The molecule has 0 bridgehead atoms. The van der Waals surface area contributed by atoms with Gasteiger partial charge in [0.05, 0.1) is 6.61 Å². The van der Waals surface area contributed by atoms with Crippen LogP contribution < -0.4 is 5.32 Å². The number of hydrogen-bond acceptors (Lipinski definition) is 3. The molecule has 1 aliphatic heterocycles. The molecule has 92 valence electrons. The normalized spacial score (nSPS) is 30.6. The first kappa shape index (κ1) is 11.0. The van der Waals surface area contributed by atoms with E-state index in [1.165, 1.54) is 51.6 Å². The molecule has 0 radical (unpaired) electrons. The number of nitrogens with one attached hydrogen (secondary N) is 1. The fraction of sp³-hybridized carbons (Fsp3) is 1.00. The van der Waals surface area contributed by atoms with E-state index in [1.54, 1.807) is 0 Å². The second-order valence-electron chi connectivity index (χ2n) is 6.11. The van der Waals surface area contributed by atoms with Crippen LogP contribution >= 0.6 is 0 Å². The zero-order valence-electron chi connectivity index (χ0n) is 10.1. The van der Waals surface area contributed by atoms with Crippen LogP contribution in [0.3, 0.4) is 0 Å². The highest BCUT2D eigenvalue weighted by Crippen LogP contribution is 2.49. The lowest BCUT2D eigenvalue weighted by molar-refractivity contribution is 0.00174. The SMILES string of the molecule is OCCN1CCC2(CC1)CC(NC1CC1)C2. The minimum absolute atomic E-state index is 0.318. The van der Waals surface area contributed by atoms with Gasteiger partial charge in [-0.2, -0.15) is 0 Å². The van der Waals surface area contributed by atoms with E-state index >= 15 is 0 Å². The van der Waals surface area contributed by atoms with Crippen LogP contribution in [0.2, 0.25) is 0 Å². The van der Waals surface area contributed by atoms with Gasteiger partial charge in [0.15, 0.2) is 0 Å². The summed E-state index contributed by atoms with van der Waals surface area (Å²) in [6.07, 6.45) is 8.36. The average molecular weight is 224 g/mol. The second kappa shape index (κ2) is 4.28. The summed E-state index contributed by atoms with van der Waals surface area (Å²) >= 11 is 0. The minimum Gasteiger partial charge on any atom is -0.395 e. The van der Waals surface area contributed by atoms with Crippen molar-refractivity contribution in [3.63, 3.8) is 0 Å². The molecule has 1 saturated heterocycles. The van der Waals surface area contributed by atoms with Gasteiger partial charge in [-0.25, -0.2) is 0 Å². The highest BCUT2D eigenvalue weighted by Gasteiger charge is 2.46. The van der Waals surface area contributed by atoms with Gasteiger partial charge in [0.25, 0.3) is 0 Å². The van der Waals surface area contributed by atoms with Gasteiger partial charge in [-0.15, -0.1) is 0 Å². The van der Waals surface area contributed by atoms with Crippen LogP contribution in [0.4, 0.5) is 0 Å².